The molecule has 0 bridgehead atoms. The molecule has 0 aliphatic carbocycles. The Hall–Kier alpha value is -1.67. The SMILES string of the molecule is COc1nc(Cl)nc(Sc2nccc(=O)[nH]2)n1. The van der Waals surface area contributed by atoms with Crippen LogP contribution in [0, 0.1) is 0 Å². The zero-order chi connectivity index (χ0) is 12.3. The second-order valence-electron chi connectivity index (χ2n) is 2.72. The van der Waals surface area contributed by atoms with Crippen molar-refractivity contribution in [2.45, 2.75) is 10.3 Å². The first-order chi connectivity index (χ1) is 8.17. The van der Waals surface area contributed by atoms with E-state index in [4.69, 9.17) is 16.3 Å². The smallest absolute Gasteiger partial charge is 0.321 e. The Bertz CT molecular complexity index is 590. The summed E-state index contributed by atoms with van der Waals surface area (Å²) in [6.45, 7) is 0. The lowest BCUT2D eigenvalue weighted by Gasteiger charge is -2.01. The number of H-pyrrole nitrogens is 1. The highest BCUT2D eigenvalue weighted by Gasteiger charge is 2.08. The molecule has 0 atom stereocenters. The van der Waals surface area contributed by atoms with Crippen LogP contribution < -0.4 is 10.3 Å². The van der Waals surface area contributed by atoms with Gasteiger partial charge in [-0.2, -0.15) is 15.0 Å². The molecule has 0 fully saturated rings. The molecule has 2 heterocycles. The van der Waals surface area contributed by atoms with Gasteiger partial charge in [0.2, 0.25) is 10.4 Å². The van der Waals surface area contributed by atoms with Gasteiger partial charge in [0.25, 0.3) is 5.56 Å². The molecule has 0 aromatic carbocycles. The summed E-state index contributed by atoms with van der Waals surface area (Å²) < 4.78 is 4.84. The third kappa shape index (κ3) is 3.14. The van der Waals surface area contributed by atoms with Crippen molar-refractivity contribution >= 4 is 23.4 Å². The van der Waals surface area contributed by atoms with Gasteiger partial charge in [-0.3, -0.25) is 4.79 Å². The van der Waals surface area contributed by atoms with Crippen molar-refractivity contribution in [3.63, 3.8) is 0 Å². The van der Waals surface area contributed by atoms with Crippen LogP contribution in [0.25, 0.3) is 0 Å². The summed E-state index contributed by atoms with van der Waals surface area (Å²) in [5, 5.41) is 0.663. The van der Waals surface area contributed by atoms with Crippen molar-refractivity contribution in [3.8, 4) is 6.01 Å². The van der Waals surface area contributed by atoms with E-state index in [-0.39, 0.29) is 22.0 Å². The minimum Gasteiger partial charge on any atom is -0.467 e. The molecule has 17 heavy (non-hydrogen) atoms. The van der Waals surface area contributed by atoms with Gasteiger partial charge in [0.15, 0.2) is 5.16 Å². The Balaban J connectivity index is 2.29. The van der Waals surface area contributed by atoms with Crippen molar-refractivity contribution < 1.29 is 4.74 Å². The van der Waals surface area contributed by atoms with Crippen LogP contribution in [-0.4, -0.2) is 32.0 Å². The summed E-state index contributed by atoms with van der Waals surface area (Å²) in [7, 11) is 1.42. The maximum Gasteiger partial charge on any atom is 0.321 e. The molecule has 9 heteroatoms. The minimum absolute atomic E-state index is 0.0117. The first-order valence-corrected chi connectivity index (χ1v) is 5.55. The van der Waals surface area contributed by atoms with Crippen LogP contribution >= 0.6 is 23.4 Å². The van der Waals surface area contributed by atoms with Crippen LogP contribution in [0.2, 0.25) is 5.28 Å². The molecule has 0 spiro atoms. The fourth-order valence-electron chi connectivity index (χ4n) is 0.942. The Morgan fingerprint density at radius 3 is 2.94 bits per heavy atom. The Morgan fingerprint density at radius 2 is 2.24 bits per heavy atom. The van der Waals surface area contributed by atoms with Crippen LogP contribution in [0.4, 0.5) is 0 Å². The van der Waals surface area contributed by atoms with E-state index in [1.165, 1.54) is 19.4 Å². The molecule has 0 radical (unpaired) electrons. The number of aromatic nitrogens is 5. The Kier molecular flexibility index (Phi) is 3.55. The van der Waals surface area contributed by atoms with E-state index >= 15 is 0 Å². The van der Waals surface area contributed by atoms with Gasteiger partial charge in [-0.15, -0.1) is 0 Å². The monoisotopic (exact) mass is 271 g/mol. The average molecular weight is 272 g/mol. The summed E-state index contributed by atoms with van der Waals surface area (Å²) in [5.74, 6) is 0. The molecule has 2 rings (SSSR count). The average Bonchev–Trinajstić information content (AvgIpc) is 2.28. The fourth-order valence-corrected chi connectivity index (χ4v) is 1.84. The highest BCUT2D eigenvalue weighted by molar-refractivity contribution is 7.99. The standard InChI is InChI=1S/C8H6ClN5O2S/c1-16-6-12-5(9)13-8(14-6)17-7-10-3-2-4(15)11-7/h2-3H,1H3,(H,10,11,15). The van der Waals surface area contributed by atoms with E-state index < -0.39 is 0 Å². The predicted octanol–water partition coefficient (Wildman–Crippen LogP) is 0.768. The fraction of sp³-hybridized carbons (Fsp3) is 0.125. The van der Waals surface area contributed by atoms with Gasteiger partial charge in [0.1, 0.15) is 0 Å². The number of ether oxygens (including phenoxy) is 1. The minimum atomic E-state index is -0.255. The van der Waals surface area contributed by atoms with Crippen molar-refractivity contribution in [1.82, 2.24) is 24.9 Å². The molecule has 0 aliphatic heterocycles. The second kappa shape index (κ2) is 5.11. The summed E-state index contributed by atoms with van der Waals surface area (Å²) in [6, 6.07) is 1.41. The van der Waals surface area contributed by atoms with E-state index in [1.807, 2.05) is 0 Å². The molecular formula is C8H6ClN5O2S. The molecule has 2 aromatic heterocycles. The van der Waals surface area contributed by atoms with Crippen LogP contribution in [0.3, 0.4) is 0 Å². The third-order valence-electron chi connectivity index (χ3n) is 1.59. The topological polar surface area (TPSA) is 93.6 Å². The van der Waals surface area contributed by atoms with E-state index in [2.05, 4.69) is 24.9 Å². The van der Waals surface area contributed by atoms with Crippen molar-refractivity contribution in [2.24, 2.45) is 0 Å². The van der Waals surface area contributed by atoms with E-state index in [1.54, 1.807) is 0 Å². The molecule has 2 aromatic rings. The van der Waals surface area contributed by atoms with Gasteiger partial charge in [-0.25, -0.2) is 4.98 Å². The number of methoxy groups -OCH3 is 1. The lowest BCUT2D eigenvalue weighted by atomic mass is 10.7. The number of hydrogen-bond donors (Lipinski definition) is 1. The van der Waals surface area contributed by atoms with Crippen LogP contribution in [-0.2, 0) is 0 Å². The summed E-state index contributed by atoms with van der Waals surface area (Å²) >= 11 is 6.73. The Morgan fingerprint density at radius 1 is 1.41 bits per heavy atom. The predicted molar refractivity (Wildman–Crippen MR) is 60.4 cm³/mol. The second-order valence-corrected chi connectivity index (χ2v) is 4.01. The van der Waals surface area contributed by atoms with Crippen LogP contribution in [0.5, 0.6) is 6.01 Å². The third-order valence-corrected chi connectivity index (χ3v) is 2.52. The van der Waals surface area contributed by atoms with Crippen molar-refractivity contribution in [3.05, 3.63) is 27.9 Å². The molecule has 0 unspecified atom stereocenters. The zero-order valence-electron chi connectivity index (χ0n) is 8.55. The molecule has 1 N–H and O–H groups in total. The van der Waals surface area contributed by atoms with Gasteiger partial charge in [0, 0.05) is 12.3 Å². The van der Waals surface area contributed by atoms with E-state index in [0.717, 1.165) is 11.8 Å². The first kappa shape index (κ1) is 11.8. The zero-order valence-corrected chi connectivity index (χ0v) is 10.1. The number of rotatable bonds is 3. The van der Waals surface area contributed by atoms with E-state index in [0.29, 0.717) is 5.16 Å². The summed E-state index contributed by atoms with van der Waals surface area (Å²) in [5.41, 5.74) is -0.255. The lowest BCUT2D eigenvalue weighted by molar-refractivity contribution is 0.373. The first-order valence-electron chi connectivity index (χ1n) is 4.36. The van der Waals surface area contributed by atoms with Gasteiger partial charge >= 0.3 is 6.01 Å². The quantitative estimate of drug-likeness (QED) is 0.824. The lowest BCUT2D eigenvalue weighted by Crippen LogP contribution is -2.05. The highest BCUT2D eigenvalue weighted by atomic mass is 35.5. The van der Waals surface area contributed by atoms with E-state index in [9.17, 15) is 4.79 Å². The number of halogens is 1. The Labute approximate surface area is 105 Å². The van der Waals surface area contributed by atoms with Gasteiger partial charge in [0.05, 0.1) is 7.11 Å². The van der Waals surface area contributed by atoms with Gasteiger partial charge < -0.3 is 9.72 Å². The highest BCUT2D eigenvalue weighted by Crippen LogP contribution is 2.21. The molecule has 88 valence electrons. The van der Waals surface area contributed by atoms with Crippen LogP contribution in [0.1, 0.15) is 0 Å². The maximum absolute atomic E-state index is 11.1. The molecule has 0 aliphatic rings. The number of nitrogens with one attached hydrogen (secondary N) is 1. The van der Waals surface area contributed by atoms with Gasteiger partial charge in [-0.05, 0) is 23.4 Å². The number of aromatic amines is 1. The number of hydrogen-bond acceptors (Lipinski definition) is 7. The normalized spacial score (nSPS) is 10.2. The molecule has 0 saturated carbocycles. The molecule has 7 nitrogen and oxygen atoms in total. The molecular weight excluding hydrogens is 266 g/mol. The van der Waals surface area contributed by atoms with Crippen LogP contribution in [0.15, 0.2) is 27.4 Å². The van der Waals surface area contributed by atoms with Crippen molar-refractivity contribution in [1.29, 1.82) is 0 Å². The van der Waals surface area contributed by atoms with Gasteiger partial charge in [-0.1, -0.05) is 0 Å². The summed E-state index contributed by atoms with van der Waals surface area (Å²) in [6.07, 6.45) is 1.39. The maximum atomic E-state index is 11.1. The van der Waals surface area contributed by atoms with Crippen molar-refractivity contribution in [2.75, 3.05) is 7.11 Å². The largest absolute Gasteiger partial charge is 0.467 e. The number of nitrogens with zero attached hydrogens (tertiary/aromatic N) is 4. The molecule has 0 saturated heterocycles. The summed E-state index contributed by atoms with van der Waals surface area (Å²) in [4.78, 5) is 29.1. The molecule has 0 amide bonds.